The van der Waals surface area contributed by atoms with Gasteiger partial charge >= 0.3 is 18.0 Å². The molecule has 3 heterocycles. The monoisotopic (exact) mass is 1650 g/mol. The highest BCUT2D eigenvalue weighted by Gasteiger charge is 2.48. The van der Waals surface area contributed by atoms with Crippen molar-refractivity contribution in [3.05, 3.63) is 0 Å². The predicted octanol–water partition coefficient (Wildman–Crippen LogP) is -0.360. The minimum Gasteiger partial charge on any atom is -0.466 e. The zero-order chi connectivity index (χ0) is 84.6. The molecule has 0 spiro atoms. The van der Waals surface area contributed by atoms with Crippen LogP contribution in [0.3, 0.4) is 0 Å². The van der Waals surface area contributed by atoms with Crippen molar-refractivity contribution in [1.82, 2.24) is 42.5 Å². The van der Waals surface area contributed by atoms with E-state index in [0.29, 0.717) is 142 Å². The van der Waals surface area contributed by atoms with Crippen LogP contribution in [0.2, 0.25) is 0 Å². The summed E-state index contributed by atoms with van der Waals surface area (Å²) >= 11 is 0. The molecule has 666 valence electrons. The summed E-state index contributed by atoms with van der Waals surface area (Å²) in [6, 6.07) is -3.25. The van der Waals surface area contributed by atoms with E-state index in [1.165, 1.54) is 20.8 Å². The zero-order valence-electron chi connectivity index (χ0n) is 68.0. The number of rotatable bonds is 65. The van der Waals surface area contributed by atoms with Crippen molar-refractivity contribution in [3.63, 3.8) is 0 Å². The van der Waals surface area contributed by atoms with Gasteiger partial charge in [-0.1, -0.05) is 58.3 Å². The van der Waals surface area contributed by atoms with Crippen molar-refractivity contribution in [1.29, 1.82) is 0 Å². The Bertz CT molecular complexity index is 2480. The van der Waals surface area contributed by atoms with Crippen molar-refractivity contribution < 1.29 is 146 Å². The van der Waals surface area contributed by atoms with Gasteiger partial charge in [0.15, 0.2) is 18.9 Å². The van der Waals surface area contributed by atoms with Crippen LogP contribution >= 0.6 is 0 Å². The maximum Gasteiger partial charge on any atom is 0.407 e. The molecular weight excluding hydrogens is 1520 g/mol. The second-order valence-corrected chi connectivity index (χ2v) is 29.3. The molecule has 0 aliphatic carbocycles. The van der Waals surface area contributed by atoms with E-state index >= 15 is 0 Å². The summed E-state index contributed by atoms with van der Waals surface area (Å²) in [6.07, 6.45) is -1.37. The molecule has 15 unspecified atom stereocenters. The molecule has 0 aromatic carbocycles. The highest BCUT2D eigenvalue weighted by atomic mass is 16.7. The van der Waals surface area contributed by atoms with Gasteiger partial charge in [0.05, 0.1) is 79.3 Å². The van der Waals surface area contributed by atoms with Crippen molar-refractivity contribution in [2.45, 2.75) is 318 Å². The zero-order valence-corrected chi connectivity index (χ0v) is 68.0. The van der Waals surface area contributed by atoms with Gasteiger partial charge in [0.25, 0.3) is 0 Å². The maximum absolute atomic E-state index is 13.8. The van der Waals surface area contributed by atoms with Crippen molar-refractivity contribution in [3.8, 4) is 0 Å². The highest BCUT2D eigenvalue weighted by molar-refractivity contribution is 5.78. The first-order valence-corrected chi connectivity index (χ1v) is 41.3. The molecule has 0 aromatic heterocycles. The SMILES string of the molecule is CCCOCCOCCC(=O)NC(CCCOC(=O)CCCCCCCNC(=O)CCCOC1OC(CO)C(O)C(O)C1NC(C)=O)(CCCOC(=O)CCCCCCCNC(=O)CCCOC1OC(CO)C(O)C(O)C1NC(C)=O)CCCOC(=O)NCCCCCCNC(=O)CCCOC1OC(CO)C(O)C(O)C1NC(C)=O. The predicted molar refractivity (Wildman–Crippen MR) is 411 cm³/mol. The number of alkyl carbamates (subject to hydrolysis) is 1. The van der Waals surface area contributed by atoms with Gasteiger partial charge in [0.2, 0.25) is 41.4 Å². The Labute approximate surface area is 675 Å². The van der Waals surface area contributed by atoms with Gasteiger partial charge < -0.3 is 141 Å². The lowest BCUT2D eigenvalue weighted by Gasteiger charge is -2.42. The Kier molecular flexibility index (Phi) is 55.6. The molecule has 17 N–H and O–H groups in total. The topological polar surface area (TPSA) is 551 Å². The minimum absolute atomic E-state index is 0.00557. The molecule has 3 rings (SSSR count). The quantitative estimate of drug-likeness (QED) is 0.0210. The number of aliphatic hydroxyl groups excluding tert-OH is 9. The Morgan fingerprint density at radius 3 is 0.991 bits per heavy atom. The van der Waals surface area contributed by atoms with Crippen LogP contribution in [-0.4, -0.2) is 315 Å². The number of esters is 2. The lowest BCUT2D eigenvalue weighted by atomic mass is 9.83. The van der Waals surface area contributed by atoms with Gasteiger partial charge in [0, 0.05) is 97.6 Å². The van der Waals surface area contributed by atoms with Gasteiger partial charge in [-0.2, -0.15) is 0 Å². The van der Waals surface area contributed by atoms with Crippen LogP contribution in [0.1, 0.15) is 220 Å². The standard InChI is InChI=1S/C77H138N8O30/c1-5-39-105-47-48-106-46-31-61(95)85-77(32-23-43-107-62(96)29-14-8-6-10-16-35-78-58(92)26-20-40-109-73-64(82-52(2)89)70(101)67(98)55(49-86)113-73,33-24-44-108-63(97)30-15-9-7-11-17-36-79-59(93)27-21-41-110-74-65(83-53(3)90)71(102)68(99)56(50-87)114-74)34-25-45-112-76(104)81-38-19-13-12-18-37-80-60(94)28-22-42-111-75-66(84-54(4)91)72(103)69(100)57(51-88)115-75/h55-57,64-75,86-88,98-103H,5-51H2,1-4H3,(H,78,92)(H,79,93)(H,80,94)(H,81,104)(H,82,89)(H,83,90)(H,84,91)(H,85,95). The third kappa shape index (κ3) is 45.0. The molecular formula is C77H138N8O30. The van der Waals surface area contributed by atoms with Crippen molar-refractivity contribution in [2.75, 3.05) is 112 Å². The fraction of sp³-hybridized carbons (Fsp3) is 0.870. The van der Waals surface area contributed by atoms with Gasteiger partial charge in [0.1, 0.15) is 73.1 Å². The van der Waals surface area contributed by atoms with E-state index in [4.69, 9.17) is 52.1 Å². The Hall–Kier alpha value is -6.18. The molecule has 3 saturated heterocycles. The molecule has 15 atom stereocenters. The second kappa shape index (κ2) is 62.0. The first-order chi connectivity index (χ1) is 55.3. The van der Waals surface area contributed by atoms with Crippen molar-refractivity contribution in [2.24, 2.45) is 0 Å². The molecule has 0 radical (unpaired) electrons. The lowest BCUT2D eigenvalue weighted by Crippen LogP contribution is -2.64. The van der Waals surface area contributed by atoms with Crippen LogP contribution in [0.4, 0.5) is 4.79 Å². The molecule has 0 bridgehead atoms. The van der Waals surface area contributed by atoms with E-state index in [9.17, 15) is 93.9 Å². The Morgan fingerprint density at radius 2 is 0.652 bits per heavy atom. The number of unbranched alkanes of at least 4 members (excludes halogenated alkanes) is 11. The fourth-order valence-electron chi connectivity index (χ4n) is 13.2. The molecule has 0 aromatic rings. The van der Waals surface area contributed by atoms with Crippen LogP contribution in [0.15, 0.2) is 0 Å². The largest absolute Gasteiger partial charge is 0.466 e. The summed E-state index contributed by atoms with van der Waals surface area (Å²) in [7, 11) is 0. The number of ether oxygens (including phenoxy) is 11. The van der Waals surface area contributed by atoms with E-state index < -0.39 is 141 Å². The number of amides is 8. The number of hydrogen-bond acceptors (Lipinski definition) is 30. The van der Waals surface area contributed by atoms with E-state index in [1.807, 2.05) is 6.92 Å². The average Bonchev–Trinajstić information content (AvgIpc) is 0.810. The van der Waals surface area contributed by atoms with Crippen LogP contribution in [0, 0.1) is 0 Å². The van der Waals surface area contributed by atoms with E-state index in [1.54, 1.807) is 0 Å². The normalized spacial score (nSPS) is 23.8. The van der Waals surface area contributed by atoms with Crippen molar-refractivity contribution >= 4 is 59.4 Å². The molecule has 38 heteroatoms. The number of hydrogen-bond donors (Lipinski definition) is 17. The molecule has 3 aliphatic heterocycles. The maximum atomic E-state index is 13.8. The first kappa shape index (κ1) is 103. The molecule has 38 nitrogen and oxygen atoms in total. The smallest absolute Gasteiger partial charge is 0.407 e. The fourth-order valence-corrected chi connectivity index (χ4v) is 13.2. The van der Waals surface area contributed by atoms with Gasteiger partial charge in [-0.05, 0) is 103 Å². The Morgan fingerprint density at radius 1 is 0.330 bits per heavy atom. The van der Waals surface area contributed by atoms with Crippen LogP contribution in [0.5, 0.6) is 0 Å². The number of carbonyl (C=O) groups excluding carboxylic acids is 10. The Balaban J connectivity index is 1.47. The van der Waals surface area contributed by atoms with Crippen LogP contribution in [-0.2, 0) is 95.3 Å². The van der Waals surface area contributed by atoms with E-state index in [2.05, 4.69) is 42.5 Å². The summed E-state index contributed by atoms with van der Waals surface area (Å²) in [5.41, 5.74) is -0.916. The minimum atomic E-state index is -1.45. The van der Waals surface area contributed by atoms with Crippen LogP contribution < -0.4 is 42.5 Å². The summed E-state index contributed by atoms with van der Waals surface area (Å²) < 4.78 is 61.9. The summed E-state index contributed by atoms with van der Waals surface area (Å²) in [4.78, 5) is 126. The summed E-state index contributed by atoms with van der Waals surface area (Å²) in [5, 5.41) is 113. The molecule has 3 aliphatic rings. The van der Waals surface area contributed by atoms with Gasteiger partial charge in [-0.15, -0.1) is 0 Å². The molecule has 0 saturated carbocycles. The summed E-state index contributed by atoms with van der Waals surface area (Å²) in [5.74, 6) is -3.10. The van der Waals surface area contributed by atoms with E-state index in [-0.39, 0.29) is 120 Å². The van der Waals surface area contributed by atoms with Gasteiger partial charge in [-0.3, -0.25) is 43.2 Å². The molecule has 8 amide bonds. The number of nitrogens with one attached hydrogen (secondary N) is 8. The van der Waals surface area contributed by atoms with Gasteiger partial charge in [-0.25, -0.2) is 4.79 Å². The second-order valence-electron chi connectivity index (χ2n) is 29.3. The lowest BCUT2D eigenvalue weighted by molar-refractivity contribution is -0.270. The number of aliphatic hydroxyl groups is 9. The average molecular weight is 1660 g/mol. The molecule has 115 heavy (non-hydrogen) atoms. The van der Waals surface area contributed by atoms with Crippen LogP contribution in [0.25, 0.3) is 0 Å². The highest BCUT2D eigenvalue weighted by Crippen LogP contribution is 2.29. The third-order valence-electron chi connectivity index (χ3n) is 19.5. The third-order valence-corrected chi connectivity index (χ3v) is 19.5. The summed E-state index contributed by atoms with van der Waals surface area (Å²) in [6.45, 7) is 7.22. The first-order valence-electron chi connectivity index (χ1n) is 41.3. The molecule has 3 fully saturated rings. The number of carbonyl (C=O) groups is 10. The van der Waals surface area contributed by atoms with E-state index in [0.717, 1.165) is 57.8 Å².